The van der Waals surface area contributed by atoms with Gasteiger partial charge in [-0.1, -0.05) is 15.9 Å². The van der Waals surface area contributed by atoms with Gasteiger partial charge in [0.15, 0.2) is 5.78 Å². The quantitative estimate of drug-likeness (QED) is 0.816. The van der Waals surface area contributed by atoms with Crippen molar-refractivity contribution in [1.82, 2.24) is 4.98 Å². The molecule has 0 aliphatic heterocycles. The topological polar surface area (TPSA) is 39.2 Å². The van der Waals surface area contributed by atoms with Crippen LogP contribution in [0.25, 0.3) is 0 Å². The SMILES string of the molecule is COc1ccc(Br)c(C(=O)c2cncc(C)c2)c1. The summed E-state index contributed by atoms with van der Waals surface area (Å²) in [6.07, 6.45) is 3.29. The lowest BCUT2D eigenvalue weighted by molar-refractivity contribution is 0.103. The Morgan fingerprint density at radius 1 is 1.28 bits per heavy atom. The highest BCUT2D eigenvalue weighted by Crippen LogP contribution is 2.24. The van der Waals surface area contributed by atoms with E-state index >= 15 is 0 Å². The summed E-state index contributed by atoms with van der Waals surface area (Å²) in [4.78, 5) is 16.4. The summed E-state index contributed by atoms with van der Waals surface area (Å²) in [5.74, 6) is 0.583. The van der Waals surface area contributed by atoms with Gasteiger partial charge in [0.1, 0.15) is 5.75 Å². The molecule has 0 saturated carbocycles. The molecule has 0 unspecified atom stereocenters. The third-order valence-corrected chi connectivity index (χ3v) is 3.25. The predicted molar refractivity (Wildman–Crippen MR) is 73.1 cm³/mol. The van der Waals surface area contributed by atoms with Gasteiger partial charge in [0.2, 0.25) is 0 Å². The number of ketones is 1. The molecule has 0 atom stereocenters. The van der Waals surface area contributed by atoms with Crippen molar-refractivity contribution in [1.29, 1.82) is 0 Å². The van der Waals surface area contributed by atoms with Crippen LogP contribution in [0.5, 0.6) is 5.75 Å². The summed E-state index contributed by atoms with van der Waals surface area (Å²) in [5, 5.41) is 0. The lowest BCUT2D eigenvalue weighted by Crippen LogP contribution is -2.03. The van der Waals surface area contributed by atoms with Gasteiger partial charge >= 0.3 is 0 Å². The van der Waals surface area contributed by atoms with Gasteiger partial charge < -0.3 is 4.74 Å². The summed E-state index contributed by atoms with van der Waals surface area (Å²) >= 11 is 3.38. The molecule has 92 valence electrons. The van der Waals surface area contributed by atoms with E-state index in [1.165, 1.54) is 0 Å². The molecule has 18 heavy (non-hydrogen) atoms. The third kappa shape index (κ3) is 2.59. The molecule has 0 radical (unpaired) electrons. The summed E-state index contributed by atoms with van der Waals surface area (Å²) in [6, 6.07) is 7.14. The molecule has 1 heterocycles. The predicted octanol–water partition coefficient (Wildman–Crippen LogP) is 3.39. The van der Waals surface area contributed by atoms with E-state index in [-0.39, 0.29) is 5.78 Å². The molecule has 3 nitrogen and oxygen atoms in total. The molecule has 4 heteroatoms. The van der Waals surface area contributed by atoms with Gasteiger partial charge in [-0.05, 0) is 36.8 Å². The van der Waals surface area contributed by atoms with Crippen LogP contribution < -0.4 is 4.74 Å². The molecule has 0 bridgehead atoms. The highest BCUT2D eigenvalue weighted by Gasteiger charge is 2.14. The smallest absolute Gasteiger partial charge is 0.195 e. The average Bonchev–Trinajstić information content (AvgIpc) is 2.38. The lowest BCUT2D eigenvalue weighted by atomic mass is 10.0. The number of ether oxygens (including phenoxy) is 1. The molecule has 2 rings (SSSR count). The molecule has 0 spiro atoms. The summed E-state index contributed by atoms with van der Waals surface area (Å²) in [7, 11) is 1.58. The van der Waals surface area contributed by atoms with Gasteiger partial charge in [0, 0.05) is 28.0 Å². The van der Waals surface area contributed by atoms with Crippen LogP contribution in [0.3, 0.4) is 0 Å². The number of benzene rings is 1. The fourth-order valence-corrected chi connectivity index (χ4v) is 2.07. The first kappa shape index (κ1) is 12.8. The highest BCUT2D eigenvalue weighted by atomic mass is 79.9. The van der Waals surface area contributed by atoms with Crippen molar-refractivity contribution in [2.45, 2.75) is 6.92 Å². The minimum absolute atomic E-state index is 0.0722. The van der Waals surface area contributed by atoms with E-state index in [0.717, 1.165) is 10.0 Å². The minimum Gasteiger partial charge on any atom is -0.497 e. The van der Waals surface area contributed by atoms with E-state index in [9.17, 15) is 4.79 Å². The molecule has 0 N–H and O–H groups in total. The number of methoxy groups -OCH3 is 1. The molecule has 0 aliphatic rings. The van der Waals surface area contributed by atoms with Gasteiger partial charge in [-0.3, -0.25) is 9.78 Å². The molecule has 0 fully saturated rings. The second-order valence-electron chi connectivity index (χ2n) is 3.93. The van der Waals surface area contributed by atoms with Crippen LogP contribution in [0.2, 0.25) is 0 Å². The number of halogens is 1. The number of aryl methyl sites for hydroxylation is 1. The normalized spacial score (nSPS) is 10.2. The Morgan fingerprint density at radius 2 is 2.06 bits per heavy atom. The number of hydrogen-bond acceptors (Lipinski definition) is 3. The van der Waals surface area contributed by atoms with Crippen LogP contribution in [0.1, 0.15) is 21.5 Å². The zero-order valence-electron chi connectivity index (χ0n) is 10.1. The van der Waals surface area contributed by atoms with Crippen LogP contribution in [-0.4, -0.2) is 17.9 Å². The van der Waals surface area contributed by atoms with E-state index < -0.39 is 0 Å². The Bertz CT molecular complexity index is 596. The minimum atomic E-state index is -0.0722. The maximum absolute atomic E-state index is 12.4. The number of carbonyl (C=O) groups is 1. The molecule has 0 saturated heterocycles. The summed E-state index contributed by atoms with van der Waals surface area (Å²) in [6.45, 7) is 1.91. The van der Waals surface area contributed by atoms with Crippen molar-refractivity contribution in [2.75, 3.05) is 7.11 Å². The zero-order valence-corrected chi connectivity index (χ0v) is 11.7. The van der Waals surface area contributed by atoms with Crippen molar-refractivity contribution in [3.63, 3.8) is 0 Å². The molecule has 0 aliphatic carbocycles. The summed E-state index contributed by atoms with van der Waals surface area (Å²) in [5.41, 5.74) is 2.10. The second-order valence-corrected chi connectivity index (χ2v) is 4.78. The monoisotopic (exact) mass is 305 g/mol. The standard InChI is InChI=1S/C14H12BrNO2/c1-9-5-10(8-16-7-9)14(17)12-6-11(18-2)3-4-13(12)15/h3-8H,1-2H3. The Balaban J connectivity index is 2.45. The van der Waals surface area contributed by atoms with Crippen molar-refractivity contribution in [2.24, 2.45) is 0 Å². The van der Waals surface area contributed by atoms with E-state index in [0.29, 0.717) is 16.9 Å². The van der Waals surface area contributed by atoms with E-state index in [2.05, 4.69) is 20.9 Å². The highest BCUT2D eigenvalue weighted by molar-refractivity contribution is 9.10. The molecule has 2 aromatic rings. The van der Waals surface area contributed by atoms with Crippen LogP contribution >= 0.6 is 15.9 Å². The van der Waals surface area contributed by atoms with Crippen molar-refractivity contribution >= 4 is 21.7 Å². The molecular weight excluding hydrogens is 294 g/mol. The first-order valence-corrected chi connectivity index (χ1v) is 6.21. The molecule has 1 aromatic heterocycles. The van der Waals surface area contributed by atoms with E-state index in [4.69, 9.17) is 4.74 Å². The number of rotatable bonds is 3. The van der Waals surface area contributed by atoms with E-state index in [1.54, 1.807) is 37.7 Å². The van der Waals surface area contributed by atoms with Gasteiger partial charge in [0.05, 0.1) is 7.11 Å². The Kier molecular flexibility index (Phi) is 3.77. The van der Waals surface area contributed by atoms with Crippen molar-refractivity contribution in [3.05, 3.63) is 57.8 Å². The second kappa shape index (κ2) is 5.31. The fraction of sp³-hybridized carbons (Fsp3) is 0.143. The van der Waals surface area contributed by atoms with E-state index in [1.807, 2.05) is 13.0 Å². The largest absolute Gasteiger partial charge is 0.497 e. The van der Waals surface area contributed by atoms with Gasteiger partial charge in [-0.25, -0.2) is 0 Å². The fourth-order valence-electron chi connectivity index (χ4n) is 1.64. The van der Waals surface area contributed by atoms with Gasteiger partial charge in [-0.2, -0.15) is 0 Å². The average molecular weight is 306 g/mol. The first-order valence-electron chi connectivity index (χ1n) is 5.41. The van der Waals surface area contributed by atoms with Crippen LogP contribution in [0.15, 0.2) is 41.1 Å². The molecular formula is C14H12BrNO2. The molecule has 0 amide bonds. The van der Waals surface area contributed by atoms with Gasteiger partial charge in [0.25, 0.3) is 0 Å². The Morgan fingerprint density at radius 3 is 2.72 bits per heavy atom. The Hall–Kier alpha value is -1.68. The zero-order chi connectivity index (χ0) is 13.1. The lowest BCUT2D eigenvalue weighted by Gasteiger charge is -2.07. The summed E-state index contributed by atoms with van der Waals surface area (Å²) < 4.78 is 5.88. The maximum Gasteiger partial charge on any atom is 0.195 e. The number of pyridine rings is 1. The van der Waals surface area contributed by atoms with Crippen molar-refractivity contribution < 1.29 is 9.53 Å². The maximum atomic E-state index is 12.4. The molecule has 1 aromatic carbocycles. The van der Waals surface area contributed by atoms with Crippen molar-refractivity contribution in [3.8, 4) is 5.75 Å². The number of carbonyl (C=O) groups excluding carboxylic acids is 1. The number of hydrogen-bond donors (Lipinski definition) is 0. The number of nitrogens with zero attached hydrogens (tertiary/aromatic N) is 1. The first-order chi connectivity index (χ1) is 8.61. The third-order valence-electron chi connectivity index (χ3n) is 2.56. The Labute approximate surface area is 114 Å². The van der Waals surface area contributed by atoms with Crippen LogP contribution in [0.4, 0.5) is 0 Å². The van der Waals surface area contributed by atoms with Crippen LogP contribution in [-0.2, 0) is 0 Å². The number of aromatic nitrogens is 1. The van der Waals surface area contributed by atoms with Gasteiger partial charge in [-0.15, -0.1) is 0 Å². The van der Waals surface area contributed by atoms with Crippen LogP contribution in [0, 0.1) is 6.92 Å².